The Bertz CT molecular complexity index is 734. The third kappa shape index (κ3) is 4.38. The van der Waals surface area contributed by atoms with Crippen molar-refractivity contribution in [3.05, 3.63) is 36.9 Å². The predicted octanol–water partition coefficient (Wildman–Crippen LogP) is 0.351. The first-order valence-corrected chi connectivity index (χ1v) is 9.05. The maximum absolute atomic E-state index is 12.3. The van der Waals surface area contributed by atoms with E-state index in [0.29, 0.717) is 0 Å². The van der Waals surface area contributed by atoms with Gasteiger partial charge in [0, 0.05) is 12.8 Å². The van der Waals surface area contributed by atoms with Crippen LogP contribution in [0.15, 0.2) is 46.7 Å². The molecule has 1 aromatic carbocycles. The second-order valence-electron chi connectivity index (χ2n) is 4.22. The Morgan fingerprint density at radius 3 is 2.05 bits per heavy atom. The van der Waals surface area contributed by atoms with Crippen LogP contribution in [0.25, 0.3) is 0 Å². The third-order valence-corrected chi connectivity index (χ3v) is 5.49. The van der Waals surface area contributed by atoms with Crippen molar-refractivity contribution in [2.45, 2.75) is 9.79 Å². The topological polar surface area (TPSA) is 109 Å². The molecule has 0 atom stereocenters. The molecule has 0 heterocycles. The van der Waals surface area contributed by atoms with Crippen LogP contribution in [-0.2, 0) is 24.7 Å². The number of carboxylic acid groups (broad SMARTS) is 1. The van der Waals surface area contributed by atoms with Crippen LogP contribution in [0.1, 0.15) is 0 Å². The summed E-state index contributed by atoms with van der Waals surface area (Å²) in [5.74, 6) is -1.30. The number of rotatable bonds is 7. The van der Waals surface area contributed by atoms with Crippen LogP contribution in [0.2, 0.25) is 0 Å². The van der Waals surface area contributed by atoms with Crippen molar-refractivity contribution in [3.63, 3.8) is 0 Å². The molecule has 0 amide bonds. The number of nitrogens with zero attached hydrogens (tertiary/aromatic N) is 1. The molecule has 0 fully saturated rings. The van der Waals surface area contributed by atoms with Gasteiger partial charge in [-0.1, -0.05) is 6.08 Å². The summed E-state index contributed by atoms with van der Waals surface area (Å²) in [6, 6.07) is 4.58. The van der Waals surface area contributed by atoms with Gasteiger partial charge in [0.15, 0.2) is 9.84 Å². The maximum atomic E-state index is 12.3. The lowest BCUT2D eigenvalue weighted by atomic mass is 10.4. The molecule has 0 aliphatic heterocycles. The summed E-state index contributed by atoms with van der Waals surface area (Å²) in [5.41, 5.74) is 0. The highest BCUT2D eigenvalue weighted by Gasteiger charge is 2.25. The van der Waals surface area contributed by atoms with Crippen molar-refractivity contribution in [2.75, 3.05) is 19.3 Å². The zero-order valence-electron chi connectivity index (χ0n) is 11.3. The molecule has 0 spiro atoms. The molecule has 0 saturated carbocycles. The fourth-order valence-corrected chi connectivity index (χ4v) is 3.54. The van der Waals surface area contributed by atoms with Crippen LogP contribution in [0.3, 0.4) is 0 Å². The number of hydrogen-bond donors (Lipinski definition) is 1. The summed E-state index contributed by atoms with van der Waals surface area (Å²) in [6.45, 7) is 2.51. The molecular weight excluding hydrogens is 318 g/mol. The van der Waals surface area contributed by atoms with Gasteiger partial charge in [0.1, 0.15) is 6.54 Å². The summed E-state index contributed by atoms with van der Waals surface area (Å²) in [6.07, 6.45) is 2.27. The van der Waals surface area contributed by atoms with E-state index in [9.17, 15) is 21.6 Å². The Hall–Kier alpha value is -1.71. The standard InChI is InChI=1S/C12H15NO6S2/c1-3-8-13(9-12(14)15)21(18,19)11-6-4-10(5-7-11)20(2,16)17/h3-7H,1,8-9H2,2H3,(H,14,15). The maximum Gasteiger partial charge on any atom is 0.318 e. The average Bonchev–Trinajstić information content (AvgIpc) is 2.37. The van der Waals surface area contributed by atoms with Gasteiger partial charge in [-0.2, -0.15) is 4.31 Å². The number of carboxylic acids is 1. The summed E-state index contributed by atoms with van der Waals surface area (Å²) in [7, 11) is -7.47. The van der Waals surface area contributed by atoms with Crippen LogP contribution >= 0.6 is 0 Å². The molecule has 0 aliphatic carbocycles. The smallest absolute Gasteiger partial charge is 0.318 e. The van der Waals surface area contributed by atoms with E-state index in [0.717, 1.165) is 34.8 Å². The summed E-state index contributed by atoms with van der Waals surface area (Å²) < 4.78 is 48.0. The van der Waals surface area contributed by atoms with Gasteiger partial charge in [0.05, 0.1) is 9.79 Å². The molecule has 0 radical (unpaired) electrons. The van der Waals surface area contributed by atoms with Crippen LogP contribution in [0.5, 0.6) is 0 Å². The molecule has 7 nitrogen and oxygen atoms in total. The zero-order valence-corrected chi connectivity index (χ0v) is 12.9. The molecule has 1 rings (SSSR count). The minimum absolute atomic E-state index is 0.0186. The number of benzene rings is 1. The Labute approximate surface area is 123 Å². The van der Waals surface area contributed by atoms with E-state index in [1.165, 1.54) is 6.08 Å². The van der Waals surface area contributed by atoms with Crippen LogP contribution in [-0.4, -0.2) is 51.6 Å². The van der Waals surface area contributed by atoms with Gasteiger partial charge in [0.2, 0.25) is 10.0 Å². The highest BCUT2D eigenvalue weighted by Crippen LogP contribution is 2.18. The van der Waals surface area contributed by atoms with E-state index in [1.54, 1.807) is 0 Å². The molecule has 1 aromatic rings. The largest absolute Gasteiger partial charge is 0.480 e. The van der Waals surface area contributed by atoms with E-state index in [4.69, 9.17) is 5.11 Å². The van der Waals surface area contributed by atoms with Crippen molar-refractivity contribution in [1.29, 1.82) is 0 Å². The first-order chi connectivity index (χ1) is 9.59. The minimum Gasteiger partial charge on any atom is -0.480 e. The quantitative estimate of drug-likeness (QED) is 0.721. The Morgan fingerprint density at radius 2 is 1.67 bits per heavy atom. The van der Waals surface area contributed by atoms with E-state index in [2.05, 4.69) is 6.58 Å². The van der Waals surface area contributed by atoms with Crippen molar-refractivity contribution in [3.8, 4) is 0 Å². The van der Waals surface area contributed by atoms with Gasteiger partial charge in [-0.15, -0.1) is 6.58 Å². The van der Waals surface area contributed by atoms with Gasteiger partial charge in [0.25, 0.3) is 0 Å². The van der Waals surface area contributed by atoms with E-state index < -0.39 is 32.4 Å². The third-order valence-electron chi connectivity index (χ3n) is 2.53. The van der Waals surface area contributed by atoms with Crippen molar-refractivity contribution in [2.24, 2.45) is 0 Å². The average molecular weight is 333 g/mol. The van der Waals surface area contributed by atoms with Crippen LogP contribution < -0.4 is 0 Å². The van der Waals surface area contributed by atoms with Crippen LogP contribution in [0.4, 0.5) is 0 Å². The highest BCUT2D eigenvalue weighted by molar-refractivity contribution is 7.90. The fraction of sp³-hybridized carbons (Fsp3) is 0.250. The van der Waals surface area contributed by atoms with E-state index in [1.807, 2.05) is 0 Å². The molecule has 1 N–H and O–H groups in total. The van der Waals surface area contributed by atoms with E-state index in [-0.39, 0.29) is 16.3 Å². The lowest BCUT2D eigenvalue weighted by Gasteiger charge is -2.18. The van der Waals surface area contributed by atoms with Gasteiger partial charge < -0.3 is 5.11 Å². The normalized spacial score (nSPS) is 12.3. The Morgan fingerprint density at radius 1 is 1.19 bits per heavy atom. The zero-order chi connectivity index (χ0) is 16.3. The van der Waals surface area contributed by atoms with Crippen molar-refractivity contribution >= 4 is 25.8 Å². The molecule has 21 heavy (non-hydrogen) atoms. The lowest BCUT2D eigenvalue weighted by Crippen LogP contribution is -2.35. The highest BCUT2D eigenvalue weighted by atomic mass is 32.2. The number of hydrogen-bond acceptors (Lipinski definition) is 5. The fourth-order valence-electron chi connectivity index (χ4n) is 1.55. The van der Waals surface area contributed by atoms with E-state index >= 15 is 0 Å². The predicted molar refractivity (Wildman–Crippen MR) is 76.1 cm³/mol. The van der Waals surface area contributed by atoms with Crippen LogP contribution in [0, 0.1) is 0 Å². The molecule has 0 saturated heterocycles. The SMILES string of the molecule is C=CCN(CC(=O)O)S(=O)(=O)c1ccc(S(C)(=O)=O)cc1. The summed E-state index contributed by atoms with van der Waals surface area (Å²) in [5, 5.41) is 8.75. The summed E-state index contributed by atoms with van der Waals surface area (Å²) >= 11 is 0. The van der Waals surface area contributed by atoms with Crippen molar-refractivity contribution in [1.82, 2.24) is 4.31 Å². The van der Waals surface area contributed by atoms with Gasteiger partial charge in [-0.25, -0.2) is 16.8 Å². The molecule has 0 bridgehead atoms. The van der Waals surface area contributed by atoms with Gasteiger partial charge in [-0.3, -0.25) is 4.79 Å². The van der Waals surface area contributed by atoms with Crippen molar-refractivity contribution < 1.29 is 26.7 Å². The molecular formula is C12H15NO6S2. The Kier molecular flexibility index (Phi) is 5.26. The molecule has 0 unspecified atom stereocenters. The number of sulfone groups is 1. The molecule has 0 aliphatic rings. The molecule has 0 aromatic heterocycles. The first-order valence-electron chi connectivity index (χ1n) is 5.72. The second kappa shape index (κ2) is 6.37. The summed E-state index contributed by atoms with van der Waals surface area (Å²) in [4.78, 5) is 10.5. The number of aliphatic carboxylic acids is 1. The second-order valence-corrected chi connectivity index (χ2v) is 8.18. The lowest BCUT2D eigenvalue weighted by molar-refractivity contribution is -0.137. The van der Waals surface area contributed by atoms with Gasteiger partial charge >= 0.3 is 5.97 Å². The molecule has 116 valence electrons. The number of sulfonamides is 1. The van der Waals surface area contributed by atoms with Gasteiger partial charge in [-0.05, 0) is 24.3 Å². The number of carbonyl (C=O) groups is 1. The monoisotopic (exact) mass is 333 g/mol. The minimum atomic E-state index is -4.03. The first kappa shape index (κ1) is 17.3. The molecule has 9 heteroatoms. The Balaban J connectivity index is 3.22.